The molecule has 0 aliphatic rings. The Hall–Kier alpha value is -1.60. The van der Waals surface area contributed by atoms with E-state index in [9.17, 15) is 0 Å². The summed E-state index contributed by atoms with van der Waals surface area (Å²) in [4.78, 5) is 0. The predicted octanol–water partition coefficient (Wildman–Crippen LogP) is 5.22. The summed E-state index contributed by atoms with van der Waals surface area (Å²) in [5.41, 5.74) is 5.47. The lowest BCUT2D eigenvalue weighted by atomic mass is 9.93. The van der Waals surface area contributed by atoms with E-state index in [1.807, 2.05) is 0 Å². The van der Waals surface area contributed by atoms with Crippen molar-refractivity contribution in [3.8, 4) is 11.1 Å². The van der Waals surface area contributed by atoms with Crippen LogP contribution in [0.4, 0.5) is 0 Å². The molecule has 2 aromatic carbocycles. The molecule has 0 aliphatic heterocycles. The Labute approximate surface area is 129 Å². The molecule has 2 rings (SSSR count). The van der Waals surface area contributed by atoms with Gasteiger partial charge in [-0.2, -0.15) is 0 Å². The Morgan fingerprint density at radius 1 is 0.952 bits per heavy atom. The molecule has 0 aliphatic carbocycles. The van der Waals surface area contributed by atoms with Gasteiger partial charge in [0, 0.05) is 6.04 Å². The highest BCUT2D eigenvalue weighted by atomic mass is 14.9. The van der Waals surface area contributed by atoms with Crippen molar-refractivity contribution >= 4 is 0 Å². The quantitative estimate of drug-likeness (QED) is 0.765. The van der Waals surface area contributed by atoms with Gasteiger partial charge in [0.05, 0.1) is 0 Å². The van der Waals surface area contributed by atoms with Crippen molar-refractivity contribution < 1.29 is 0 Å². The summed E-state index contributed by atoms with van der Waals surface area (Å²) in [5, 5.41) is 3.52. The van der Waals surface area contributed by atoms with Crippen LogP contribution in [0.15, 0.2) is 48.5 Å². The molecule has 1 N–H and O–H groups in total. The second-order valence-corrected chi connectivity index (χ2v) is 6.16. The molecule has 0 saturated carbocycles. The summed E-state index contributed by atoms with van der Waals surface area (Å²) in [5.74, 6) is 0.691. The largest absolute Gasteiger partial charge is 0.310 e. The lowest BCUT2D eigenvalue weighted by molar-refractivity contribution is 0.599. The zero-order chi connectivity index (χ0) is 15.2. The van der Waals surface area contributed by atoms with Gasteiger partial charge in [0.2, 0.25) is 0 Å². The lowest BCUT2D eigenvalue weighted by Crippen LogP contribution is -2.18. The van der Waals surface area contributed by atoms with Gasteiger partial charge in [0.25, 0.3) is 0 Å². The van der Waals surface area contributed by atoms with Crippen LogP contribution in [0.3, 0.4) is 0 Å². The highest BCUT2D eigenvalue weighted by Crippen LogP contribution is 2.29. The Morgan fingerprint density at radius 2 is 1.71 bits per heavy atom. The Kier molecular flexibility index (Phi) is 5.58. The molecule has 0 saturated heterocycles. The number of rotatable bonds is 6. The molecule has 1 heteroatoms. The van der Waals surface area contributed by atoms with Crippen LogP contribution < -0.4 is 5.32 Å². The Morgan fingerprint density at radius 3 is 2.43 bits per heavy atom. The molecule has 112 valence electrons. The highest BCUT2D eigenvalue weighted by Gasteiger charge is 2.11. The first-order chi connectivity index (χ1) is 10.1. The molecular formula is C20H27N. The third kappa shape index (κ3) is 4.18. The number of nitrogens with one attached hydrogen (secondary N) is 1. The van der Waals surface area contributed by atoms with Crippen molar-refractivity contribution in [2.75, 3.05) is 6.54 Å². The van der Waals surface area contributed by atoms with Crippen LogP contribution in [0.25, 0.3) is 11.1 Å². The van der Waals surface area contributed by atoms with E-state index in [1.165, 1.54) is 22.3 Å². The van der Waals surface area contributed by atoms with Crippen LogP contribution in [-0.4, -0.2) is 6.54 Å². The van der Waals surface area contributed by atoms with Gasteiger partial charge in [-0.25, -0.2) is 0 Å². The SMILES string of the molecule is CCNC(C)c1ccccc1-c1cccc(CC(C)C)c1. The molecule has 1 nitrogen and oxygen atoms in total. The van der Waals surface area contributed by atoms with Gasteiger partial charge >= 0.3 is 0 Å². The van der Waals surface area contributed by atoms with Gasteiger partial charge in [0.1, 0.15) is 0 Å². The van der Waals surface area contributed by atoms with Crippen LogP contribution in [0, 0.1) is 5.92 Å². The molecule has 0 radical (unpaired) electrons. The van der Waals surface area contributed by atoms with Gasteiger partial charge in [-0.05, 0) is 48.1 Å². The topological polar surface area (TPSA) is 12.0 Å². The van der Waals surface area contributed by atoms with E-state index in [1.54, 1.807) is 0 Å². The summed E-state index contributed by atoms with van der Waals surface area (Å²) < 4.78 is 0. The minimum atomic E-state index is 0.375. The van der Waals surface area contributed by atoms with Crippen molar-refractivity contribution in [1.29, 1.82) is 0 Å². The maximum absolute atomic E-state index is 3.52. The van der Waals surface area contributed by atoms with Crippen molar-refractivity contribution in [2.45, 2.75) is 40.2 Å². The van der Waals surface area contributed by atoms with Crippen LogP contribution in [-0.2, 0) is 6.42 Å². The number of hydrogen-bond acceptors (Lipinski definition) is 1. The predicted molar refractivity (Wildman–Crippen MR) is 92.5 cm³/mol. The average Bonchev–Trinajstić information content (AvgIpc) is 2.47. The minimum absolute atomic E-state index is 0.375. The molecule has 0 fully saturated rings. The maximum atomic E-state index is 3.52. The van der Waals surface area contributed by atoms with E-state index in [2.05, 4.69) is 81.5 Å². The van der Waals surface area contributed by atoms with E-state index in [0.717, 1.165) is 13.0 Å². The van der Waals surface area contributed by atoms with Crippen molar-refractivity contribution in [3.63, 3.8) is 0 Å². The van der Waals surface area contributed by atoms with E-state index >= 15 is 0 Å². The lowest BCUT2D eigenvalue weighted by Gasteiger charge is -2.18. The molecule has 0 aromatic heterocycles. The summed E-state index contributed by atoms with van der Waals surface area (Å²) in [6.07, 6.45) is 1.14. The van der Waals surface area contributed by atoms with Crippen LogP contribution in [0.1, 0.15) is 44.9 Å². The van der Waals surface area contributed by atoms with Crippen LogP contribution >= 0.6 is 0 Å². The Balaban J connectivity index is 2.37. The highest BCUT2D eigenvalue weighted by molar-refractivity contribution is 5.68. The molecule has 0 bridgehead atoms. The standard InChI is InChI=1S/C20H27N/c1-5-21-16(4)19-11-6-7-12-20(19)18-10-8-9-17(14-18)13-15(2)3/h6-12,14-16,21H,5,13H2,1-4H3. The summed E-state index contributed by atoms with van der Waals surface area (Å²) in [7, 11) is 0. The van der Waals surface area contributed by atoms with Gasteiger partial charge < -0.3 is 5.32 Å². The summed E-state index contributed by atoms with van der Waals surface area (Å²) in [6, 6.07) is 18.1. The molecule has 0 amide bonds. The summed E-state index contributed by atoms with van der Waals surface area (Å²) in [6.45, 7) is 9.92. The van der Waals surface area contributed by atoms with E-state index in [-0.39, 0.29) is 0 Å². The van der Waals surface area contributed by atoms with Gasteiger partial charge in [-0.15, -0.1) is 0 Å². The Bertz CT molecular complexity index is 572. The smallest absolute Gasteiger partial charge is 0.0297 e. The van der Waals surface area contributed by atoms with Crippen molar-refractivity contribution in [3.05, 3.63) is 59.7 Å². The first-order valence-corrected chi connectivity index (χ1v) is 8.03. The molecule has 0 spiro atoms. The van der Waals surface area contributed by atoms with Crippen molar-refractivity contribution in [1.82, 2.24) is 5.32 Å². The normalized spacial score (nSPS) is 12.6. The minimum Gasteiger partial charge on any atom is -0.310 e. The first-order valence-electron chi connectivity index (χ1n) is 8.03. The first kappa shape index (κ1) is 15.8. The maximum Gasteiger partial charge on any atom is 0.0297 e. The molecular weight excluding hydrogens is 254 g/mol. The number of benzene rings is 2. The van der Waals surface area contributed by atoms with Gasteiger partial charge in [-0.1, -0.05) is 69.3 Å². The van der Waals surface area contributed by atoms with E-state index in [4.69, 9.17) is 0 Å². The zero-order valence-corrected chi connectivity index (χ0v) is 13.7. The fraction of sp³-hybridized carbons (Fsp3) is 0.400. The average molecular weight is 281 g/mol. The molecule has 1 unspecified atom stereocenters. The molecule has 1 atom stereocenters. The third-order valence-electron chi connectivity index (χ3n) is 3.82. The van der Waals surface area contributed by atoms with Gasteiger partial charge in [0.15, 0.2) is 0 Å². The van der Waals surface area contributed by atoms with E-state index in [0.29, 0.717) is 12.0 Å². The van der Waals surface area contributed by atoms with Crippen LogP contribution in [0.2, 0.25) is 0 Å². The molecule has 2 aromatic rings. The van der Waals surface area contributed by atoms with Crippen LogP contribution in [0.5, 0.6) is 0 Å². The van der Waals surface area contributed by atoms with Crippen molar-refractivity contribution in [2.24, 2.45) is 5.92 Å². The third-order valence-corrected chi connectivity index (χ3v) is 3.82. The monoisotopic (exact) mass is 281 g/mol. The molecule has 0 heterocycles. The summed E-state index contributed by atoms with van der Waals surface area (Å²) >= 11 is 0. The molecule has 21 heavy (non-hydrogen) atoms. The zero-order valence-electron chi connectivity index (χ0n) is 13.7. The second kappa shape index (κ2) is 7.42. The number of hydrogen-bond donors (Lipinski definition) is 1. The van der Waals surface area contributed by atoms with Gasteiger partial charge in [-0.3, -0.25) is 0 Å². The second-order valence-electron chi connectivity index (χ2n) is 6.16. The van der Waals surface area contributed by atoms with E-state index < -0.39 is 0 Å². The fourth-order valence-corrected chi connectivity index (χ4v) is 2.89. The fourth-order valence-electron chi connectivity index (χ4n) is 2.89.